The average Bonchev–Trinajstić information content (AvgIpc) is 2.28. The van der Waals surface area contributed by atoms with E-state index in [-0.39, 0.29) is 5.56 Å². The molecule has 5 nitrogen and oxygen atoms in total. The van der Waals surface area contributed by atoms with Crippen LogP contribution >= 0.6 is 0 Å². The number of hydrogen-bond donors (Lipinski definition) is 1. The third-order valence-corrected chi connectivity index (χ3v) is 1.74. The van der Waals surface area contributed by atoms with Crippen LogP contribution in [0, 0.1) is 6.92 Å². The van der Waals surface area contributed by atoms with Crippen LogP contribution in [0.3, 0.4) is 0 Å². The van der Waals surface area contributed by atoms with Crippen molar-refractivity contribution in [2.24, 2.45) is 7.05 Å². The molecule has 5 heteroatoms. The molecule has 12 heavy (non-hydrogen) atoms. The highest BCUT2D eigenvalue weighted by Gasteiger charge is 2.05. The summed E-state index contributed by atoms with van der Waals surface area (Å²) >= 11 is 0. The minimum absolute atomic E-state index is 0.196. The van der Waals surface area contributed by atoms with Gasteiger partial charge in [0.25, 0.3) is 5.56 Å². The Balaban J connectivity index is 3.00. The molecule has 2 rings (SSSR count). The maximum atomic E-state index is 10.9. The number of H-pyrrole nitrogens is 1. The fraction of sp³-hybridized carbons (Fsp3) is 0.286. The van der Waals surface area contributed by atoms with Crippen LogP contribution in [0.5, 0.6) is 0 Å². The van der Waals surface area contributed by atoms with Gasteiger partial charge in [0, 0.05) is 7.05 Å². The van der Waals surface area contributed by atoms with Crippen LogP contribution in [0.2, 0.25) is 0 Å². The molecule has 0 fully saturated rings. The van der Waals surface area contributed by atoms with Crippen molar-refractivity contribution in [3.05, 3.63) is 22.2 Å². The zero-order chi connectivity index (χ0) is 8.72. The van der Waals surface area contributed by atoms with Crippen molar-refractivity contribution in [2.45, 2.75) is 6.92 Å². The summed E-state index contributed by atoms with van der Waals surface area (Å²) in [7, 11) is 1.79. The van der Waals surface area contributed by atoms with E-state index < -0.39 is 0 Å². The van der Waals surface area contributed by atoms with Crippen LogP contribution in [0.4, 0.5) is 0 Å². The van der Waals surface area contributed by atoms with Gasteiger partial charge in [0.1, 0.15) is 5.52 Å². The van der Waals surface area contributed by atoms with Crippen LogP contribution in [-0.4, -0.2) is 19.7 Å². The molecule has 0 bridgehead atoms. The van der Waals surface area contributed by atoms with E-state index in [1.54, 1.807) is 11.7 Å². The normalized spacial score (nSPS) is 10.8. The number of fused-ring (bicyclic) bond motifs is 1. The molecule has 0 saturated heterocycles. The highest BCUT2D eigenvalue weighted by molar-refractivity contribution is 5.72. The second kappa shape index (κ2) is 2.17. The Bertz CT molecular complexity index is 482. The Labute approximate surface area is 68.1 Å². The second-order valence-corrected chi connectivity index (χ2v) is 2.66. The van der Waals surface area contributed by atoms with Crippen LogP contribution in [0.1, 0.15) is 5.69 Å². The Morgan fingerprint density at radius 3 is 3.08 bits per heavy atom. The number of rotatable bonds is 0. The Hall–Kier alpha value is -1.65. The van der Waals surface area contributed by atoms with Crippen molar-refractivity contribution in [2.75, 3.05) is 0 Å². The molecule has 1 N–H and O–H groups in total. The first-order valence-electron chi connectivity index (χ1n) is 3.57. The van der Waals surface area contributed by atoms with Crippen molar-refractivity contribution < 1.29 is 0 Å². The summed E-state index contributed by atoms with van der Waals surface area (Å²) in [6.07, 6.45) is 1.25. The first-order chi connectivity index (χ1) is 5.68. The third-order valence-electron chi connectivity index (χ3n) is 1.74. The van der Waals surface area contributed by atoms with Gasteiger partial charge in [-0.05, 0) is 6.92 Å². The summed E-state index contributed by atoms with van der Waals surface area (Å²) in [5.74, 6) is 0. The van der Waals surface area contributed by atoms with E-state index in [0.29, 0.717) is 11.2 Å². The average molecular weight is 164 g/mol. The van der Waals surface area contributed by atoms with E-state index in [1.165, 1.54) is 6.20 Å². The van der Waals surface area contributed by atoms with Crippen molar-refractivity contribution in [3.63, 3.8) is 0 Å². The molecule has 0 aliphatic carbocycles. The fourth-order valence-corrected chi connectivity index (χ4v) is 1.22. The SMILES string of the molecule is Cc1nn(C)c2ncc(=O)[nH]c12. The smallest absolute Gasteiger partial charge is 0.267 e. The van der Waals surface area contributed by atoms with Gasteiger partial charge in [-0.1, -0.05) is 0 Å². The van der Waals surface area contributed by atoms with Gasteiger partial charge in [-0.3, -0.25) is 4.79 Å². The Morgan fingerprint density at radius 2 is 2.33 bits per heavy atom. The summed E-state index contributed by atoms with van der Waals surface area (Å²) < 4.78 is 1.64. The second-order valence-electron chi connectivity index (χ2n) is 2.66. The molecule has 2 aromatic heterocycles. The van der Waals surface area contributed by atoms with Gasteiger partial charge >= 0.3 is 0 Å². The van der Waals surface area contributed by atoms with Crippen molar-refractivity contribution in [3.8, 4) is 0 Å². The predicted molar refractivity (Wildman–Crippen MR) is 43.9 cm³/mol. The highest BCUT2D eigenvalue weighted by atomic mass is 16.1. The predicted octanol–water partition coefficient (Wildman–Crippen LogP) is -0.0350. The number of hydrogen-bond acceptors (Lipinski definition) is 3. The molecule has 0 amide bonds. The van der Waals surface area contributed by atoms with Crippen molar-refractivity contribution >= 4 is 11.2 Å². The fourth-order valence-electron chi connectivity index (χ4n) is 1.22. The van der Waals surface area contributed by atoms with Gasteiger partial charge in [-0.2, -0.15) is 5.10 Å². The van der Waals surface area contributed by atoms with Crippen molar-refractivity contribution in [1.82, 2.24) is 19.7 Å². The van der Waals surface area contributed by atoms with E-state index in [9.17, 15) is 4.79 Å². The van der Waals surface area contributed by atoms with Gasteiger partial charge in [0.15, 0.2) is 5.65 Å². The standard InChI is InChI=1S/C7H8N4O/c1-4-6-7(11(2)10-4)8-3-5(12)9-6/h3H,1-2H3,(H,9,12). The quantitative estimate of drug-likeness (QED) is 0.594. The van der Waals surface area contributed by atoms with E-state index >= 15 is 0 Å². The van der Waals surface area contributed by atoms with Gasteiger partial charge in [0.05, 0.1) is 11.9 Å². The van der Waals surface area contributed by atoms with Gasteiger partial charge in [-0.25, -0.2) is 9.67 Å². The number of nitrogens with zero attached hydrogens (tertiary/aromatic N) is 3. The lowest BCUT2D eigenvalue weighted by atomic mass is 10.4. The zero-order valence-electron chi connectivity index (χ0n) is 6.83. The van der Waals surface area contributed by atoms with Crippen LogP contribution in [0.15, 0.2) is 11.0 Å². The molecule has 0 spiro atoms. The van der Waals surface area contributed by atoms with Gasteiger partial charge < -0.3 is 4.98 Å². The molecular weight excluding hydrogens is 156 g/mol. The molecule has 0 radical (unpaired) electrons. The number of aryl methyl sites for hydroxylation is 2. The van der Waals surface area contributed by atoms with E-state index in [1.807, 2.05) is 6.92 Å². The lowest BCUT2D eigenvalue weighted by Gasteiger charge is -1.89. The minimum atomic E-state index is -0.196. The summed E-state index contributed by atoms with van der Waals surface area (Å²) in [4.78, 5) is 17.5. The summed E-state index contributed by atoms with van der Waals surface area (Å²) in [6.45, 7) is 1.83. The van der Waals surface area contributed by atoms with E-state index in [0.717, 1.165) is 5.69 Å². The minimum Gasteiger partial charge on any atom is -0.316 e. The van der Waals surface area contributed by atoms with E-state index in [2.05, 4.69) is 15.1 Å². The van der Waals surface area contributed by atoms with Crippen LogP contribution < -0.4 is 5.56 Å². The highest BCUT2D eigenvalue weighted by Crippen LogP contribution is 2.08. The monoisotopic (exact) mass is 164 g/mol. The van der Waals surface area contributed by atoms with Crippen LogP contribution in [-0.2, 0) is 7.05 Å². The number of nitrogens with one attached hydrogen (secondary N) is 1. The lowest BCUT2D eigenvalue weighted by molar-refractivity contribution is 0.773. The molecule has 2 aromatic rings. The third kappa shape index (κ3) is 0.827. The maximum absolute atomic E-state index is 10.9. The lowest BCUT2D eigenvalue weighted by Crippen LogP contribution is -2.05. The molecule has 62 valence electrons. The number of aromatic nitrogens is 4. The summed E-state index contributed by atoms with van der Waals surface area (Å²) in [5, 5.41) is 4.12. The topological polar surface area (TPSA) is 63.6 Å². The molecule has 2 heterocycles. The first-order valence-corrected chi connectivity index (χ1v) is 3.57. The molecule has 0 aliphatic heterocycles. The van der Waals surface area contributed by atoms with E-state index in [4.69, 9.17) is 0 Å². The Morgan fingerprint density at radius 1 is 1.58 bits per heavy atom. The summed E-state index contributed by atoms with van der Waals surface area (Å²) in [5.41, 5.74) is 2.01. The molecule has 0 aliphatic rings. The molecule has 0 unspecified atom stereocenters. The molecular formula is C7H8N4O. The largest absolute Gasteiger partial charge is 0.316 e. The van der Waals surface area contributed by atoms with Gasteiger partial charge in [-0.15, -0.1) is 0 Å². The number of aromatic amines is 1. The first kappa shape index (κ1) is 7.02. The Kier molecular flexibility index (Phi) is 1.27. The van der Waals surface area contributed by atoms with Gasteiger partial charge in [0.2, 0.25) is 0 Å². The maximum Gasteiger partial charge on any atom is 0.267 e. The molecule has 0 saturated carbocycles. The molecule has 0 aromatic carbocycles. The van der Waals surface area contributed by atoms with Crippen LogP contribution in [0.25, 0.3) is 11.2 Å². The zero-order valence-corrected chi connectivity index (χ0v) is 6.83. The molecule has 0 atom stereocenters. The van der Waals surface area contributed by atoms with Crippen molar-refractivity contribution in [1.29, 1.82) is 0 Å². The summed E-state index contributed by atoms with van der Waals surface area (Å²) in [6, 6.07) is 0.